The second-order valence-corrected chi connectivity index (χ2v) is 4.96. The van der Waals surface area contributed by atoms with Crippen molar-refractivity contribution in [3.63, 3.8) is 0 Å². The lowest BCUT2D eigenvalue weighted by molar-refractivity contribution is 0.249. The maximum absolute atomic E-state index is 12.9. The predicted molar refractivity (Wildman–Crippen MR) is 75.9 cm³/mol. The van der Waals surface area contributed by atoms with Crippen LogP contribution in [0.2, 0.25) is 0 Å². The van der Waals surface area contributed by atoms with E-state index in [-0.39, 0.29) is 5.82 Å². The average Bonchev–Trinajstić information content (AvgIpc) is 2.50. The maximum atomic E-state index is 12.9. The number of hydrogen-bond acceptors (Lipinski definition) is 4. The second-order valence-electron chi connectivity index (χ2n) is 4.96. The van der Waals surface area contributed by atoms with Crippen molar-refractivity contribution >= 4 is 5.82 Å². The molecule has 0 unspecified atom stereocenters. The number of nitrogens with zero attached hydrogens (tertiary/aromatic N) is 4. The van der Waals surface area contributed by atoms with Crippen LogP contribution >= 0.6 is 0 Å². The van der Waals surface area contributed by atoms with E-state index in [0.29, 0.717) is 0 Å². The first-order chi connectivity index (χ1) is 9.81. The quantitative estimate of drug-likeness (QED) is 0.854. The lowest BCUT2D eigenvalue weighted by atomic mass is 10.2. The molecule has 0 aromatic carbocycles. The summed E-state index contributed by atoms with van der Waals surface area (Å²) in [5, 5.41) is 0. The SMILES string of the molecule is Fc1ccc(N2CCN(Cc3cccnc3)CC2)nc1. The Morgan fingerprint density at radius 1 is 1.05 bits per heavy atom. The molecule has 0 N–H and O–H groups in total. The molecule has 0 amide bonds. The van der Waals surface area contributed by atoms with Crippen LogP contribution in [-0.2, 0) is 6.54 Å². The van der Waals surface area contributed by atoms with E-state index < -0.39 is 0 Å². The summed E-state index contributed by atoms with van der Waals surface area (Å²) in [5.74, 6) is 0.566. The summed E-state index contributed by atoms with van der Waals surface area (Å²) in [6.07, 6.45) is 4.98. The van der Waals surface area contributed by atoms with Gasteiger partial charge < -0.3 is 4.90 Å². The molecule has 0 bridgehead atoms. The summed E-state index contributed by atoms with van der Waals surface area (Å²) in [4.78, 5) is 12.9. The Bertz CT molecular complexity index is 536. The van der Waals surface area contributed by atoms with E-state index >= 15 is 0 Å². The Morgan fingerprint density at radius 3 is 2.55 bits per heavy atom. The van der Waals surface area contributed by atoms with E-state index in [0.717, 1.165) is 38.5 Å². The minimum Gasteiger partial charge on any atom is -0.354 e. The lowest BCUT2D eigenvalue weighted by Crippen LogP contribution is -2.46. The number of piperazine rings is 1. The van der Waals surface area contributed by atoms with Gasteiger partial charge in [0.25, 0.3) is 0 Å². The van der Waals surface area contributed by atoms with E-state index in [1.54, 1.807) is 12.3 Å². The molecule has 1 aliphatic rings. The zero-order chi connectivity index (χ0) is 13.8. The van der Waals surface area contributed by atoms with E-state index in [4.69, 9.17) is 0 Å². The van der Waals surface area contributed by atoms with Crippen molar-refractivity contribution in [2.75, 3.05) is 31.1 Å². The summed E-state index contributed by atoms with van der Waals surface area (Å²) < 4.78 is 12.9. The van der Waals surface area contributed by atoms with Gasteiger partial charge >= 0.3 is 0 Å². The topological polar surface area (TPSA) is 32.3 Å². The van der Waals surface area contributed by atoms with E-state index in [9.17, 15) is 4.39 Å². The third kappa shape index (κ3) is 3.11. The molecule has 3 rings (SSSR count). The fourth-order valence-corrected chi connectivity index (χ4v) is 2.44. The van der Waals surface area contributed by atoms with Gasteiger partial charge in [-0.05, 0) is 23.8 Å². The van der Waals surface area contributed by atoms with Crippen LogP contribution < -0.4 is 4.90 Å². The van der Waals surface area contributed by atoms with Crippen LogP contribution in [0.25, 0.3) is 0 Å². The Morgan fingerprint density at radius 2 is 1.90 bits per heavy atom. The summed E-state index contributed by atoms with van der Waals surface area (Å²) >= 11 is 0. The van der Waals surface area contributed by atoms with Gasteiger partial charge in [-0.2, -0.15) is 0 Å². The Balaban J connectivity index is 1.55. The van der Waals surface area contributed by atoms with Gasteiger partial charge in [0.1, 0.15) is 11.6 Å². The minimum absolute atomic E-state index is 0.288. The largest absolute Gasteiger partial charge is 0.354 e. The minimum atomic E-state index is -0.288. The van der Waals surface area contributed by atoms with Gasteiger partial charge in [0.05, 0.1) is 6.20 Å². The van der Waals surface area contributed by atoms with Crippen molar-refractivity contribution in [3.05, 3.63) is 54.2 Å². The number of aromatic nitrogens is 2. The summed E-state index contributed by atoms with van der Waals surface area (Å²) in [6, 6.07) is 7.27. The fraction of sp³-hybridized carbons (Fsp3) is 0.333. The van der Waals surface area contributed by atoms with Crippen LogP contribution in [0.4, 0.5) is 10.2 Å². The van der Waals surface area contributed by atoms with Crippen molar-refractivity contribution in [2.24, 2.45) is 0 Å². The average molecular weight is 272 g/mol. The van der Waals surface area contributed by atoms with Crippen LogP contribution in [0.15, 0.2) is 42.9 Å². The lowest BCUT2D eigenvalue weighted by Gasteiger charge is -2.35. The third-order valence-corrected chi connectivity index (χ3v) is 3.54. The van der Waals surface area contributed by atoms with Gasteiger partial charge in [0.15, 0.2) is 0 Å². The van der Waals surface area contributed by atoms with Crippen molar-refractivity contribution in [2.45, 2.75) is 6.54 Å². The van der Waals surface area contributed by atoms with Crippen molar-refractivity contribution in [1.82, 2.24) is 14.9 Å². The molecule has 0 saturated carbocycles. The highest BCUT2D eigenvalue weighted by Crippen LogP contribution is 2.14. The van der Waals surface area contributed by atoms with Crippen LogP contribution in [-0.4, -0.2) is 41.0 Å². The number of pyridine rings is 2. The third-order valence-electron chi connectivity index (χ3n) is 3.54. The normalized spacial score (nSPS) is 16.4. The predicted octanol–water partition coefficient (Wildman–Crippen LogP) is 1.94. The molecular weight excluding hydrogens is 255 g/mol. The van der Waals surface area contributed by atoms with Crippen molar-refractivity contribution < 1.29 is 4.39 Å². The molecular formula is C15H17FN4. The summed E-state index contributed by atoms with van der Waals surface area (Å²) in [6.45, 7) is 4.72. The van der Waals surface area contributed by atoms with Gasteiger partial charge in [-0.3, -0.25) is 9.88 Å². The molecule has 1 aliphatic heterocycles. The molecule has 4 nitrogen and oxygen atoms in total. The van der Waals surface area contributed by atoms with E-state index in [1.807, 2.05) is 12.3 Å². The molecule has 20 heavy (non-hydrogen) atoms. The van der Waals surface area contributed by atoms with Crippen LogP contribution in [0.1, 0.15) is 5.56 Å². The molecule has 0 spiro atoms. The van der Waals surface area contributed by atoms with Gasteiger partial charge in [-0.15, -0.1) is 0 Å². The fourth-order valence-electron chi connectivity index (χ4n) is 2.44. The molecule has 0 aliphatic carbocycles. The highest BCUT2D eigenvalue weighted by molar-refractivity contribution is 5.38. The first kappa shape index (κ1) is 13.0. The smallest absolute Gasteiger partial charge is 0.141 e. The molecule has 5 heteroatoms. The molecule has 104 valence electrons. The van der Waals surface area contributed by atoms with Crippen LogP contribution in [0.5, 0.6) is 0 Å². The molecule has 3 heterocycles. The molecule has 2 aromatic heterocycles. The number of anilines is 1. The Hall–Kier alpha value is -2.01. The number of rotatable bonds is 3. The highest BCUT2D eigenvalue weighted by Gasteiger charge is 2.18. The monoisotopic (exact) mass is 272 g/mol. The summed E-state index contributed by atoms with van der Waals surface area (Å²) in [5.41, 5.74) is 1.24. The van der Waals surface area contributed by atoms with Crippen LogP contribution in [0, 0.1) is 5.82 Å². The van der Waals surface area contributed by atoms with Gasteiger partial charge in [-0.1, -0.05) is 6.07 Å². The number of hydrogen-bond donors (Lipinski definition) is 0. The first-order valence-corrected chi connectivity index (χ1v) is 6.79. The van der Waals surface area contributed by atoms with Gasteiger partial charge in [0.2, 0.25) is 0 Å². The van der Waals surface area contributed by atoms with Gasteiger partial charge in [0, 0.05) is 45.1 Å². The molecule has 1 saturated heterocycles. The Labute approximate surface area is 117 Å². The second kappa shape index (κ2) is 5.96. The van der Waals surface area contributed by atoms with E-state index in [2.05, 4.69) is 25.8 Å². The molecule has 0 radical (unpaired) electrons. The molecule has 1 fully saturated rings. The van der Waals surface area contributed by atoms with Gasteiger partial charge in [-0.25, -0.2) is 9.37 Å². The van der Waals surface area contributed by atoms with Crippen molar-refractivity contribution in [1.29, 1.82) is 0 Å². The van der Waals surface area contributed by atoms with Crippen molar-refractivity contribution in [3.8, 4) is 0 Å². The summed E-state index contributed by atoms with van der Waals surface area (Å²) in [7, 11) is 0. The standard InChI is InChI=1S/C15H17FN4/c16-14-3-4-15(18-11-14)20-8-6-19(7-9-20)12-13-2-1-5-17-10-13/h1-5,10-11H,6-9,12H2. The molecule has 0 atom stereocenters. The molecule has 2 aromatic rings. The number of halogens is 1. The maximum Gasteiger partial charge on any atom is 0.141 e. The first-order valence-electron chi connectivity index (χ1n) is 6.79. The Kier molecular flexibility index (Phi) is 3.87. The van der Waals surface area contributed by atoms with E-state index in [1.165, 1.54) is 17.8 Å². The highest BCUT2D eigenvalue weighted by atomic mass is 19.1. The van der Waals surface area contributed by atoms with Crippen LogP contribution in [0.3, 0.4) is 0 Å². The zero-order valence-corrected chi connectivity index (χ0v) is 11.2. The zero-order valence-electron chi connectivity index (χ0n) is 11.2.